The van der Waals surface area contributed by atoms with Crippen LogP contribution in [-0.2, 0) is 19.5 Å². The number of hydrogen-bond donors (Lipinski definition) is 1. The molecule has 20 heavy (non-hydrogen) atoms. The molecule has 1 aromatic rings. The Morgan fingerprint density at radius 3 is 2.85 bits per heavy atom. The Morgan fingerprint density at radius 1 is 1.30 bits per heavy atom. The lowest BCUT2D eigenvalue weighted by Crippen LogP contribution is -2.38. The van der Waals surface area contributed by atoms with Crippen molar-refractivity contribution in [2.75, 3.05) is 13.1 Å². The van der Waals surface area contributed by atoms with Crippen molar-refractivity contribution in [1.29, 1.82) is 0 Å². The minimum atomic E-state index is 0.432. The summed E-state index contributed by atoms with van der Waals surface area (Å²) in [5, 5.41) is 4.66. The Labute approximate surface area is 122 Å². The fourth-order valence-electron chi connectivity index (χ4n) is 4.06. The van der Waals surface area contributed by atoms with E-state index in [9.17, 15) is 0 Å². The van der Waals surface area contributed by atoms with Gasteiger partial charge in [0.25, 0.3) is 0 Å². The van der Waals surface area contributed by atoms with Crippen molar-refractivity contribution in [2.24, 2.45) is 17.6 Å². The van der Waals surface area contributed by atoms with Crippen LogP contribution in [-0.4, -0.2) is 33.8 Å². The highest BCUT2D eigenvalue weighted by molar-refractivity contribution is 5.11. The van der Waals surface area contributed by atoms with E-state index in [1.165, 1.54) is 43.7 Å². The molecular weight excluding hydrogens is 248 g/mol. The third-order valence-electron chi connectivity index (χ3n) is 5.19. The summed E-state index contributed by atoms with van der Waals surface area (Å²) in [4.78, 5) is 2.60. The lowest BCUT2D eigenvalue weighted by Gasteiger charge is -2.29. The summed E-state index contributed by atoms with van der Waals surface area (Å²) in [5.41, 5.74) is 8.90. The minimum Gasteiger partial charge on any atom is -0.327 e. The smallest absolute Gasteiger partial charge is 0.0625 e. The molecule has 2 fully saturated rings. The molecule has 1 saturated heterocycles. The number of nitrogens with two attached hydrogens (primary N) is 1. The molecule has 0 radical (unpaired) electrons. The Balaban J connectivity index is 1.68. The fraction of sp³-hybridized carbons (Fsp3) is 0.812. The predicted molar refractivity (Wildman–Crippen MR) is 81.4 cm³/mol. The van der Waals surface area contributed by atoms with Crippen molar-refractivity contribution in [3.63, 3.8) is 0 Å². The van der Waals surface area contributed by atoms with E-state index < -0.39 is 0 Å². The number of aromatic nitrogens is 2. The van der Waals surface area contributed by atoms with Crippen LogP contribution in [0.2, 0.25) is 0 Å². The topological polar surface area (TPSA) is 47.1 Å². The summed E-state index contributed by atoms with van der Waals surface area (Å²) in [5.74, 6) is 1.56. The largest absolute Gasteiger partial charge is 0.327 e. The summed E-state index contributed by atoms with van der Waals surface area (Å²) in [6.07, 6.45) is 4.95. The van der Waals surface area contributed by atoms with Crippen LogP contribution >= 0.6 is 0 Å². The van der Waals surface area contributed by atoms with E-state index >= 15 is 0 Å². The summed E-state index contributed by atoms with van der Waals surface area (Å²) >= 11 is 0. The normalized spacial score (nSPS) is 30.6. The molecule has 4 nitrogen and oxygen atoms in total. The maximum absolute atomic E-state index is 6.31. The van der Waals surface area contributed by atoms with Gasteiger partial charge in [-0.05, 0) is 44.1 Å². The molecule has 0 amide bonds. The van der Waals surface area contributed by atoms with E-state index in [2.05, 4.69) is 34.6 Å². The van der Waals surface area contributed by atoms with Crippen molar-refractivity contribution in [2.45, 2.75) is 58.7 Å². The predicted octanol–water partition coefficient (Wildman–Crippen LogP) is 2.02. The number of fused-ring (bicyclic) bond motifs is 1. The van der Waals surface area contributed by atoms with Crippen molar-refractivity contribution >= 4 is 0 Å². The molecule has 3 rings (SSSR count). The van der Waals surface area contributed by atoms with Gasteiger partial charge in [-0.3, -0.25) is 9.58 Å². The SMILES string of the molecule is CCc1cc(CN2CC3CCCC(N)C3C2)n(CC)n1. The van der Waals surface area contributed by atoms with Gasteiger partial charge in [-0.25, -0.2) is 0 Å². The average Bonchev–Trinajstić information content (AvgIpc) is 3.03. The molecule has 0 spiro atoms. The van der Waals surface area contributed by atoms with Crippen LogP contribution < -0.4 is 5.73 Å². The molecule has 1 saturated carbocycles. The van der Waals surface area contributed by atoms with Crippen LogP contribution in [0.15, 0.2) is 6.07 Å². The van der Waals surface area contributed by atoms with Crippen molar-refractivity contribution < 1.29 is 0 Å². The molecule has 2 aliphatic rings. The maximum Gasteiger partial charge on any atom is 0.0625 e. The highest BCUT2D eigenvalue weighted by Crippen LogP contribution is 2.36. The molecule has 1 aliphatic carbocycles. The molecule has 112 valence electrons. The molecular formula is C16H28N4. The molecule has 0 aromatic carbocycles. The van der Waals surface area contributed by atoms with Gasteiger partial charge in [0.1, 0.15) is 0 Å². The Hall–Kier alpha value is -0.870. The molecule has 2 heterocycles. The summed E-state index contributed by atoms with van der Waals surface area (Å²) in [6.45, 7) is 8.78. The first-order valence-electron chi connectivity index (χ1n) is 8.24. The quantitative estimate of drug-likeness (QED) is 0.915. The van der Waals surface area contributed by atoms with E-state index in [0.717, 1.165) is 31.3 Å². The van der Waals surface area contributed by atoms with Gasteiger partial charge in [0, 0.05) is 32.2 Å². The minimum absolute atomic E-state index is 0.432. The summed E-state index contributed by atoms with van der Waals surface area (Å²) in [7, 11) is 0. The van der Waals surface area contributed by atoms with E-state index in [1.807, 2.05) is 0 Å². The van der Waals surface area contributed by atoms with Crippen LogP contribution in [0.1, 0.15) is 44.5 Å². The zero-order valence-electron chi connectivity index (χ0n) is 12.9. The maximum atomic E-state index is 6.31. The van der Waals surface area contributed by atoms with Gasteiger partial charge in [-0.1, -0.05) is 13.3 Å². The Kier molecular flexibility index (Phi) is 4.13. The molecule has 0 bridgehead atoms. The van der Waals surface area contributed by atoms with Crippen LogP contribution in [0.25, 0.3) is 0 Å². The first-order valence-corrected chi connectivity index (χ1v) is 8.24. The van der Waals surface area contributed by atoms with Crippen molar-refractivity contribution in [1.82, 2.24) is 14.7 Å². The van der Waals surface area contributed by atoms with Crippen LogP contribution in [0.3, 0.4) is 0 Å². The lowest BCUT2D eigenvalue weighted by molar-refractivity contribution is 0.259. The Bertz CT molecular complexity index is 453. The van der Waals surface area contributed by atoms with E-state index in [4.69, 9.17) is 5.73 Å². The van der Waals surface area contributed by atoms with Crippen LogP contribution in [0.5, 0.6) is 0 Å². The zero-order valence-corrected chi connectivity index (χ0v) is 12.9. The number of hydrogen-bond acceptors (Lipinski definition) is 3. The van der Waals surface area contributed by atoms with Gasteiger partial charge in [0.2, 0.25) is 0 Å². The van der Waals surface area contributed by atoms with Gasteiger partial charge >= 0.3 is 0 Å². The molecule has 4 heteroatoms. The summed E-state index contributed by atoms with van der Waals surface area (Å²) in [6, 6.07) is 2.71. The zero-order chi connectivity index (χ0) is 14.1. The van der Waals surface area contributed by atoms with Gasteiger partial charge in [0.15, 0.2) is 0 Å². The standard InChI is InChI=1S/C16H28N4/c1-3-13-8-14(20(4-2)18-13)10-19-9-12-6-5-7-16(17)15(12)11-19/h8,12,15-16H,3-7,9-11,17H2,1-2H3. The van der Waals surface area contributed by atoms with Gasteiger partial charge in [0.05, 0.1) is 11.4 Å². The first-order chi connectivity index (χ1) is 9.71. The summed E-state index contributed by atoms with van der Waals surface area (Å²) < 4.78 is 2.17. The van der Waals surface area contributed by atoms with Gasteiger partial charge in [-0.15, -0.1) is 0 Å². The second-order valence-electron chi connectivity index (χ2n) is 6.51. The molecule has 3 unspecified atom stereocenters. The number of nitrogens with zero attached hydrogens (tertiary/aromatic N) is 3. The number of aryl methyl sites for hydroxylation is 2. The van der Waals surface area contributed by atoms with E-state index in [-0.39, 0.29) is 0 Å². The van der Waals surface area contributed by atoms with Crippen LogP contribution in [0.4, 0.5) is 0 Å². The second-order valence-corrected chi connectivity index (χ2v) is 6.51. The average molecular weight is 276 g/mol. The second kappa shape index (κ2) is 5.86. The van der Waals surface area contributed by atoms with Gasteiger partial charge in [-0.2, -0.15) is 5.10 Å². The molecule has 1 aromatic heterocycles. The first kappa shape index (κ1) is 14.1. The third kappa shape index (κ3) is 2.63. The Morgan fingerprint density at radius 2 is 2.15 bits per heavy atom. The molecule has 1 aliphatic heterocycles. The highest BCUT2D eigenvalue weighted by Gasteiger charge is 2.38. The highest BCUT2D eigenvalue weighted by atomic mass is 15.3. The van der Waals surface area contributed by atoms with Crippen molar-refractivity contribution in [3.8, 4) is 0 Å². The van der Waals surface area contributed by atoms with Gasteiger partial charge < -0.3 is 5.73 Å². The number of rotatable bonds is 4. The van der Waals surface area contributed by atoms with Crippen LogP contribution in [0, 0.1) is 11.8 Å². The van der Waals surface area contributed by atoms with E-state index in [1.54, 1.807) is 0 Å². The number of likely N-dealkylation sites (tertiary alicyclic amines) is 1. The monoisotopic (exact) mass is 276 g/mol. The third-order valence-corrected chi connectivity index (χ3v) is 5.19. The molecule has 2 N–H and O–H groups in total. The molecule has 3 atom stereocenters. The fourth-order valence-corrected chi connectivity index (χ4v) is 4.06. The lowest BCUT2D eigenvalue weighted by atomic mass is 9.78. The van der Waals surface area contributed by atoms with E-state index in [0.29, 0.717) is 6.04 Å². The van der Waals surface area contributed by atoms with Crippen molar-refractivity contribution in [3.05, 3.63) is 17.5 Å².